The van der Waals surface area contributed by atoms with Crippen LogP contribution in [0.2, 0.25) is 0 Å². The summed E-state index contributed by atoms with van der Waals surface area (Å²) in [5, 5.41) is 9.89. The van der Waals surface area contributed by atoms with Crippen LogP contribution in [0, 0.1) is 0 Å². The summed E-state index contributed by atoms with van der Waals surface area (Å²) < 4.78 is 25.1. The third kappa shape index (κ3) is 5.53. The van der Waals surface area contributed by atoms with Gasteiger partial charge in [0.05, 0.1) is 40.5 Å². The predicted octanol–water partition coefficient (Wildman–Crippen LogP) is 4.08. The van der Waals surface area contributed by atoms with E-state index in [1.807, 2.05) is 18.2 Å². The second-order valence-electron chi connectivity index (χ2n) is 10.7. The molecule has 1 aliphatic rings. The maximum atomic E-state index is 13.6. The van der Waals surface area contributed by atoms with E-state index in [-0.39, 0.29) is 5.56 Å². The van der Waals surface area contributed by atoms with E-state index in [1.165, 1.54) is 10.4 Å². The summed E-state index contributed by atoms with van der Waals surface area (Å²) in [5.41, 5.74) is 4.99. The zero-order valence-corrected chi connectivity index (χ0v) is 25.6. The van der Waals surface area contributed by atoms with Crippen molar-refractivity contribution in [3.05, 3.63) is 82.6 Å². The molecule has 2 aromatic heterocycles. The Kier molecular flexibility index (Phi) is 8.12. The number of hydrogen-bond acceptors (Lipinski definition) is 9. The topological polar surface area (TPSA) is 96.1 Å². The Balaban J connectivity index is 1.48. The van der Waals surface area contributed by atoms with E-state index in [2.05, 4.69) is 41.1 Å². The molecule has 0 spiro atoms. The largest absolute Gasteiger partial charge is 0.497 e. The SMILES string of the molecule is COc1ccc(Cn2nc(-c3ccc(N4CCN(C)CC4)cc3)c3nn(-c4ccc(OC)cc4OC)c(=O)cc32)c(OC)c1. The fourth-order valence-electron chi connectivity index (χ4n) is 5.52. The van der Waals surface area contributed by atoms with Crippen molar-refractivity contribution in [1.82, 2.24) is 24.5 Å². The molecule has 0 amide bonds. The number of fused-ring (bicyclic) bond motifs is 1. The van der Waals surface area contributed by atoms with Crippen molar-refractivity contribution >= 4 is 16.7 Å². The summed E-state index contributed by atoms with van der Waals surface area (Å²) in [5.74, 6) is 2.43. The first kappa shape index (κ1) is 29.1. The quantitative estimate of drug-likeness (QED) is 0.249. The van der Waals surface area contributed by atoms with Crippen LogP contribution < -0.4 is 29.4 Å². The first-order valence-electron chi connectivity index (χ1n) is 14.4. The number of hydrogen-bond donors (Lipinski definition) is 0. The molecule has 0 saturated carbocycles. The summed E-state index contributed by atoms with van der Waals surface area (Å²) in [6.45, 7) is 4.38. The first-order chi connectivity index (χ1) is 21.4. The van der Waals surface area contributed by atoms with Gasteiger partial charge in [0.1, 0.15) is 39.9 Å². The maximum Gasteiger partial charge on any atom is 0.273 e. The molecule has 0 bridgehead atoms. The van der Waals surface area contributed by atoms with Crippen molar-refractivity contribution in [1.29, 1.82) is 0 Å². The van der Waals surface area contributed by atoms with Crippen LogP contribution in [0.4, 0.5) is 5.69 Å². The van der Waals surface area contributed by atoms with E-state index in [4.69, 9.17) is 29.1 Å². The van der Waals surface area contributed by atoms with Crippen LogP contribution in [0.5, 0.6) is 23.0 Å². The van der Waals surface area contributed by atoms with Crippen molar-refractivity contribution in [2.75, 3.05) is 66.6 Å². The number of aromatic nitrogens is 4. The summed E-state index contributed by atoms with van der Waals surface area (Å²) in [7, 11) is 8.52. The molecule has 11 heteroatoms. The maximum absolute atomic E-state index is 13.6. The minimum Gasteiger partial charge on any atom is -0.497 e. The van der Waals surface area contributed by atoms with Crippen LogP contribution in [0.15, 0.2) is 71.5 Å². The van der Waals surface area contributed by atoms with Gasteiger partial charge in [0.2, 0.25) is 0 Å². The predicted molar refractivity (Wildman–Crippen MR) is 170 cm³/mol. The number of anilines is 1. The summed E-state index contributed by atoms with van der Waals surface area (Å²) in [4.78, 5) is 18.3. The molecule has 1 fully saturated rings. The fraction of sp³-hybridized carbons (Fsp3) is 0.303. The van der Waals surface area contributed by atoms with Gasteiger partial charge >= 0.3 is 0 Å². The van der Waals surface area contributed by atoms with E-state index < -0.39 is 0 Å². The zero-order chi connectivity index (χ0) is 30.8. The third-order valence-electron chi connectivity index (χ3n) is 8.07. The minimum atomic E-state index is -0.319. The average Bonchev–Trinajstić information content (AvgIpc) is 3.41. The molecule has 0 atom stereocenters. The first-order valence-corrected chi connectivity index (χ1v) is 14.4. The molecular weight excluding hydrogens is 560 g/mol. The number of ether oxygens (including phenoxy) is 4. The molecule has 3 aromatic carbocycles. The molecule has 0 unspecified atom stereocenters. The van der Waals surface area contributed by atoms with E-state index in [0.717, 1.165) is 37.3 Å². The number of benzene rings is 3. The molecular formula is C33H36N6O5. The Morgan fingerprint density at radius 2 is 1.39 bits per heavy atom. The Labute approximate surface area is 255 Å². The molecule has 5 aromatic rings. The highest BCUT2D eigenvalue weighted by Gasteiger charge is 2.21. The van der Waals surface area contributed by atoms with Crippen molar-refractivity contribution in [3.63, 3.8) is 0 Å². The van der Waals surface area contributed by atoms with Crippen molar-refractivity contribution < 1.29 is 18.9 Å². The summed E-state index contributed by atoms with van der Waals surface area (Å²) in [6.07, 6.45) is 0. The summed E-state index contributed by atoms with van der Waals surface area (Å²) >= 11 is 0. The molecule has 3 heterocycles. The molecule has 6 rings (SSSR count). The number of rotatable bonds is 9. The van der Waals surface area contributed by atoms with Crippen LogP contribution in [0.25, 0.3) is 28.0 Å². The van der Waals surface area contributed by atoms with Crippen LogP contribution in [0.1, 0.15) is 5.56 Å². The standard InChI is InChI=1S/C33H36N6O5/c1-36-14-16-37(17-15-36)24-9-6-22(7-10-24)32-33-28(38(34-32)21-23-8-11-25(41-2)18-29(23)43-4)20-31(40)39(35-33)27-13-12-26(42-3)19-30(27)44-5/h6-13,18-20H,14-17,21H2,1-5H3. The van der Waals surface area contributed by atoms with Gasteiger partial charge in [-0.2, -0.15) is 14.9 Å². The number of methoxy groups -OCH3 is 4. The molecule has 228 valence electrons. The van der Waals surface area contributed by atoms with Gasteiger partial charge in [-0.25, -0.2) is 0 Å². The van der Waals surface area contributed by atoms with Gasteiger partial charge in [-0.3, -0.25) is 9.48 Å². The second-order valence-corrected chi connectivity index (χ2v) is 10.7. The van der Waals surface area contributed by atoms with Crippen molar-refractivity contribution in [2.24, 2.45) is 0 Å². The number of piperazine rings is 1. The highest BCUT2D eigenvalue weighted by Crippen LogP contribution is 2.32. The lowest BCUT2D eigenvalue weighted by molar-refractivity contribution is 0.313. The van der Waals surface area contributed by atoms with Crippen LogP contribution in [0.3, 0.4) is 0 Å². The fourth-order valence-corrected chi connectivity index (χ4v) is 5.52. The number of nitrogens with zero attached hydrogens (tertiary/aromatic N) is 6. The third-order valence-corrected chi connectivity index (χ3v) is 8.07. The number of likely N-dealkylation sites (N-methyl/N-ethyl adjacent to an activating group) is 1. The Morgan fingerprint density at radius 3 is 2.05 bits per heavy atom. The zero-order valence-electron chi connectivity index (χ0n) is 25.6. The van der Waals surface area contributed by atoms with E-state index in [0.29, 0.717) is 52.0 Å². The lowest BCUT2D eigenvalue weighted by Gasteiger charge is -2.34. The summed E-state index contributed by atoms with van der Waals surface area (Å²) in [6, 6.07) is 20.9. The molecule has 0 N–H and O–H groups in total. The smallest absolute Gasteiger partial charge is 0.273 e. The van der Waals surface area contributed by atoms with Gasteiger partial charge in [-0.1, -0.05) is 12.1 Å². The van der Waals surface area contributed by atoms with Crippen LogP contribution in [-0.4, -0.2) is 86.1 Å². The van der Waals surface area contributed by atoms with Gasteiger partial charge < -0.3 is 28.7 Å². The second kappa shape index (κ2) is 12.3. The molecule has 0 radical (unpaired) electrons. The van der Waals surface area contributed by atoms with Crippen LogP contribution >= 0.6 is 0 Å². The van der Waals surface area contributed by atoms with Gasteiger partial charge in [-0.15, -0.1) is 0 Å². The van der Waals surface area contributed by atoms with E-state index in [9.17, 15) is 4.79 Å². The van der Waals surface area contributed by atoms with Crippen LogP contribution in [-0.2, 0) is 6.54 Å². The molecule has 11 nitrogen and oxygen atoms in total. The van der Waals surface area contributed by atoms with Crippen molar-refractivity contribution in [2.45, 2.75) is 6.54 Å². The molecule has 1 aliphatic heterocycles. The van der Waals surface area contributed by atoms with E-state index >= 15 is 0 Å². The van der Waals surface area contributed by atoms with Gasteiger partial charge in [0.15, 0.2) is 0 Å². The van der Waals surface area contributed by atoms with Gasteiger partial charge in [0.25, 0.3) is 5.56 Å². The normalized spacial score (nSPS) is 13.7. The molecule has 44 heavy (non-hydrogen) atoms. The monoisotopic (exact) mass is 596 g/mol. The Morgan fingerprint density at radius 1 is 0.727 bits per heavy atom. The lowest BCUT2D eigenvalue weighted by atomic mass is 10.1. The average molecular weight is 597 g/mol. The molecule has 1 saturated heterocycles. The Hall–Kier alpha value is -5.03. The van der Waals surface area contributed by atoms with Gasteiger partial charge in [0, 0.05) is 61.2 Å². The van der Waals surface area contributed by atoms with E-state index in [1.54, 1.807) is 57.4 Å². The highest BCUT2D eigenvalue weighted by atomic mass is 16.5. The molecule has 0 aliphatic carbocycles. The lowest BCUT2D eigenvalue weighted by Crippen LogP contribution is -2.44. The van der Waals surface area contributed by atoms with Gasteiger partial charge in [-0.05, 0) is 43.4 Å². The minimum absolute atomic E-state index is 0.319. The Bertz CT molecular complexity index is 1840. The highest BCUT2D eigenvalue weighted by molar-refractivity contribution is 5.90. The van der Waals surface area contributed by atoms with Crippen molar-refractivity contribution in [3.8, 4) is 39.9 Å².